The first-order valence-corrected chi connectivity index (χ1v) is 6.17. The van der Waals surface area contributed by atoms with Gasteiger partial charge in [0.25, 0.3) is 0 Å². The van der Waals surface area contributed by atoms with Crippen LogP contribution in [0.4, 0.5) is 5.82 Å². The topological polar surface area (TPSA) is 84.3 Å². The third kappa shape index (κ3) is 2.28. The van der Waals surface area contributed by atoms with Crippen LogP contribution in [0.15, 0.2) is 12.4 Å². The number of ether oxygens (including phenoxy) is 1. The third-order valence-electron chi connectivity index (χ3n) is 3.41. The van der Waals surface area contributed by atoms with Crippen LogP contribution in [0.2, 0.25) is 0 Å². The molecule has 0 spiro atoms. The molecule has 0 aromatic carbocycles. The molecule has 96 valence electrons. The fourth-order valence-electron chi connectivity index (χ4n) is 2.38. The molecule has 0 bridgehead atoms. The van der Waals surface area contributed by atoms with Gasteiger partial charge in [0.15, 0.2) is 5.69 Å². The number of carbonyl (C=O) groups is 1. The molecule has 18 heavy (non-hydrogen) atoms. The van der Waals surface area contributed by atoms with Crippen molar-refractivity contribution in [2.45, 2.75) is 31.4 Å². The van der Waals surface area contributed by atoms with Gasteiger partial charge in [-0.1, -0.05) is 0 Å². The monoisotopic (exact) mass is 249 g/mol. The molecule has 2 fully saturated rings. The average molecular weight is 249 g/mol. The Balaban J connectivity index is 1.71. The van der Waals surface area contributed by atoms with E-state index in [0.29, 0.717) is 11.7 Å². The van der Waals surface area contributed by atoms with Crippen LogP contribution in [0.25, 0.3) is 0 Å². The molecule has 2 N–H and O–H groups in total. The molecule has 1 aromatic heterocycles. The molecule has 2 aliphatic rings. The number of carboxylic acid groups (broad SMARTS) is 1. The minimum Gasteiger partial charge on any atom is -0.476 e. The molecule has 0 radical (unpaired) electrons. The van der Waals surface area contributed by atoms with Crippen molar-refractivity contribution in [2.24, 2.45) is 5.92 Å². The fraction of sp³-hybridized carbons (Fsp3) is 0.583. The first kappa shape index (κ1) is 11.4. The highest BCUT2D eigenvalue weighted by atomic mass is 16.5. The van der Waals surface area contributed by atoms with Gasteiger partial charge in [0.2, 0.25) is 0 Å². The summed E-state index contributed by atoms with van der Waals surface area (Å²) in [6, 6.07) is 0.218. The van der Waals surface area contributed by atoms with Gasteiger partial charge in [-0.05, 0) is 25.2 Å². The van der Waals surface area contributed by atoms with Crippen molar-refractivity contribution >= 4 is 11.8 Å². The second-order valence-electron chi connectivity index (χ2n) is 4.81. The molecular formula is C12H15N3O3. The number of anilines is 1. The Morgan fingerprint density at radius 3 is 2.94 bits per heavy atom. The van der Waals surface area contributed by atoms with Crippen molar-refractivity contribution in [1.82, 2.24) is 9.97 Å². The van der Waals surface area contributed by atoms with Gasteiger partial charge < -0.3 is 15.2 Å². The molecule has 1 aliphatic heterocycles. The maximum atomic E-state index is 10.8. The summed E-state index contributed by atoms with van der Waals surface area (Å²) in [5.41, 5.74) is -0.0399. The van der Waals surface area contributed by atoms with Gasteiger partial charge in [-0.2, -0.15) is 0 Å². The normalized spacial score (nSPS) is 27.1. The van der Waals surface area contributed by atoms with Crippen molar-refractivity contribution in [3.63, 3.8) is 0 Å². The lowest BCUT2D eigenvalue weighted by Crippen LogP contribution is -2.31. The van der Waals surface area contributed by atoms with E-state index >= 15 is 0 Å². The number of hydrogen-bond acceptors (Lipinski definition) is 5. The van der Waals surface area contributed by atoms with E-state index in [0.717, 1.165) is 13.0 Å². The molecule has 2 unspecified atom stereocenters. The zero-order valence-electron chi connectivity index (χ0n) is 9.87. The van der Waals surface area contributed by atoms with Gasteiger partial charge >= 0.3 is 5.97 Å². The lowest BCUT2D eigenvalue weighted by atomic mass is 10.1. The van der Waals surface area contributed by atoms with Gasteiger partial charge in [-0.15, -0.1) is 0 Å². The summed E-state index contributed by atoms with van der Waals surface area (Å²) in [6.07, 6.45) is 6.42. The highest BCUT2D eigenvalue weighted by Gasteiger charge is 2.40. The summed E-state index contributed by atoms with van der Waals surface area (Å²) in [5.74, 6) is 0.101. The number of nitrogens with one attached hydrogen (secondary N) is 1. The molecule has 1 saturated carbocycles. The molecule has 6 heteroatoms. The summed E-state index contributed by atoms with van der Waals surface area (Å²) in [4.78, 5) is 18.7. The number of aromatic carboxylic acids is 1. The first-order chi connectivity index (χ1) is 8.74. The zero-order valence-corrected chi connectivity index (χ0v) is 9.87. The van der Waals surface area contributed by atoms with E-state index in [-0.39, 0.29) is 17.8 Å². The SMILES string of the molecule is O=C(O)c1cncc(NC2CCOC2C2CC2)n1. The Bertz CT molecular complexity index is 462. The van der Waals surface area contributed by atoms with E-state index in [1.807, 2.05) is 0 Å². The van der Waals surface area contributed by atoms with Gasteiger partial charge in [0, 0.05) is 6.61 Å². The molecule has 2 heterocycles. The van der Waals surface area contributed by atoms with Crippen LogP contribution >= 0.6 is 0 Å². The first-order valence-electron chi connectivity index (χ1n) is 6.17. The van der Waals surface area contributed by atoms with Crippen molar-refractivity contribution in [3.05, 3.63) is 18.1 Å². The minimum absolute atomic E-state index is 0.0399. The van der Waals surface area contributed by atoms with E-state index in [4.69, 9.17) is 9.84 Å². The number of nitrogens with zero attached hydrogens (tertiary/aromatic N) is 2. The number of aromatic nitrogens is 2. The fourth-order valence-corrected chi connectivity index (χ4v) is 2.38. The summed E-state index contributed by atoms with van der Waals surface area (Å²) >= 11 is 0. The zero-order chi connectivity index (χ0) is 12.5. The summed E-state index contributed by atoms with van der Waals surface area (Å²) < 4.78 is 5.71. The van der Waals surface area contributed by atoms with Crippen LogP contribution in [0.5, 0.6) is 0 Å². The standard InChI is InChI=1S/C12H15N3O3/c16-12(17)9-5-13-6-10(15-9)14-8-3-4-18-11(8)7-1-2-7/h5-8,11H,1-4H2,(H,14,15)(H,16,17). The van der Waals surface area contributed by atoms with Crippen LogP contribution in [0.1, 0.15) is 29.8 Å². The predicted molar refractivity (Wildman–Crippen MR) is 63.5 cm³/mol. The Kier molecular flexibility index (Phi) is 2.87. The van der Waals surface area contributed by atoms with E-state index in [1.165, 1.54) is 19.0 Å². The van der Waals surface area contributed by atoms with E-state index in [2.05, 4.69) is 15.3 Å². The lowest BCUT2D eigenvalue weighted by Gasteiger charge is -2.19. The van der Waals surface area contributed by atoms with Crippen molar-refractivity contribution in [1.29, 1.82) is 0 Å². The maximum Gasteiger partial charge on any atom is 0.356 e. The molecular weight excluding hydrogens is 234 g/mol. The smallest absolute Gasteiger partial charge is 0.356 e. The number of hydrogen-bond donors (Lipinski definition) is 2. The average Bonchev–Trinajstić information content (AvgIpc) is 3.11. The van der Waals surface area contributed by atoms with Gasteiger partial charge in [0.1, 0.15) is 5.82 Å². The lowest BCUT2D eigenvalue weighted by molar-refractivity contribution is 0.0690. The minimum atomic E-state index is -1.06. The number of carboxylic acids is 1. The Morgan fingerprint density at radius 1 is 1.39 bits per heavy atom. The van der Waals surface area contributed by atoms with Crippen LogP contribution in [-0.2, 0) is 4.74 Å². The largest absolute Gasteiger partial charge is 0.476 e. The summed E-state index contributed by atoms with van der Waals surface area (Å²) in [7, 11) is 0. The predicted octanol–water partition coefficient (Wildman–Crippen LogP) is 1.15. The molecule has 0 amide bonds. The van der Waals surface area contributed by atoms with Crippen LogP contribution in [0.3, 0.4) is 0 Å². The van der Waals surface area contributed by atoms with E-state index < -0.39 is 5.97 Å². The second-order valence-corrected chi connectivity index (χ2v) is 4.81. The molecule has 6 nitrogen and oxygen atoms in total. The van der Waals surface area contributed by atoms with Gasteiger partial charge in [-0.25, -0.2) is 9.78 Å². The molecule has 2 atom stereocenters. The molecule has 1 saturated heterocycles. The van der Waals surface area contributed by atoms with Crippen molar-refractivity contribution in [2.75, 3.05) is 11.9 Å². The second kappa shape index (κ2) is 4.53. The Labute approximate surface area is 104 Å². The highest BCUT2D eigenvalue weighted by molar-refractivity contribution is 5.85. The third-order valence-corrected chi connectivity index (χ3v) is 3.41. The van der Waals surface area contributed by atoms with Gasteiger partial charge in [-0.3, -0.25) is 4.98 Å². The molecule has 3 rings (SSSR count). The Morgan fingerprint density at radius 2 is 2.22 bits per heavy atom. The number of rotatable bonds is 4. The highest BCUT2D eigenvalue weighted by Crippen LogP contribution is 2.39. The van der Waals surface area contributed by atoms with E-state index in [1.54, 1.807) is 6.20 Å². The quantitative estimate of drug-likeness (QED) is 0.832. The molecule has 1 aliphatic carbocycles. The van der Waals surface area contributed by atoms with Crippen LogP contribution in [0, 0.1) is 5.92 Å². The van der Waals surface area contributed by atoms with Crippen LogP contribution < -0.4 is 5.32 Å². The van der Waals surface area contributed by atoms with Crippen molar-refractivity contribution < 1.29 is 14.6 Å². The van der Waals surface area contributed by atoms with Crippen LogP contribution in [-0.4, -0.2) is 39.8 Å². The van der Waals surface area contributed by atoms with E-state index in [9.17, 15) is 4.79 Å². The Hall–Kier alpha value is -1.69. The maximum absolute atomic E-state index is 10.8. The molecule has 1 aromatic rings. The summed E-state index contributed by atoms with van der Waals surface area (Å²) in [6.45, 7) is 0.755. The summed E-state index contributed by atoms with van der Waals surface area (Å²) in [5, 5.41) is 12.1. The van der Waals surface area contributed by atoms with Crippen molar-refractivity contribution in [3.8, 4) is 0 Å². The van der Waals surface area contributed by atoms with Gasteiger partial charge in [0.05, 0.1) is 24.5 Å².